The lowest BCUT2D eigenvalue weighted by Crippen LogP contribution is -2.60. The van der Waals surface area contributed by atoms with E-state index in [2.05, 4.69) is 23.9 Å². The van der Waals surface area contributed by atoms with E-state index in [9.17, 15) is 15.0 Å². The van der Waals surface area contributed by atoms with Crippen molar-refractivity contribution in [2.45, 2.75) is 44.7 Å². The minimum Gasteiger partial charge on any atom is -0.380 e. The van der Waals surface area contributed by atoms with Crippen molar-refractivity contribution in [3.63, 3.8) is 0 Å². The van der Waals surface area contributed by atoms with Crippen LogP contribution >= 0.6 is 0 Å². The number of hydrogen-bond acceptors (Lipinski definition) is 7. The maximum Gasteiger partial charge on any atom is 0.309 e. The molecule has 2 aliphatic rings. The summed E-state index contributed by atoms with van der Waals surface area (Å²) >= 11 is 0. The molecule has 172 valence electrons. The van der Waals surface area contributed by atoms with Gasteiger partial charge in [0.25, 0.3) is 5.91 Å². The first kappa shape index (κ1) is 22.6. The van der Waals surface area contributed by atoms with Gasteiger partial charge >= 0.3 is 5.91 Å². The van der Waals surface area contributed by atoms with Gasteiger partial charge in [-0.1, -0.05) is 30.3 Å². The Hall–Kier alpha value is -2.59. The van der Waals surface area contributed by atoms with Gasteiger partial charge in [0.2, 0.25) is 0 Å². The van der Waals surface area contributed by atoms with E-state index in [0.717, 1.165) is 16.7 Å². The first-order valence-corrected chi connectivity index (χ1v) is 11.0. The van der Waals surface area contributed by atoms with E-state index in [1.807, 2.05) is 35.0 Å². The van der Waals surface area contributed by atoms with Crippen molar-refractivity contribution in [1.82, 2.24) is 24.6 Å². The summed E-state index contributed by atoms with van der Waals surface area (Å²) in [7, 11) is 1.59. The molecule has 9 nitrogen and oxygen atoms in total. The zero-order valence-electron chi connectivity index (χ0n) is 18.8. The molecule has 1 aromatic carbocycles. The average Bonchev–Trinajstić information content (AvgIpc) is 3.49. The zero-order valence-corrected chi connectivity index (χ0v) is 18.8. The zero-order chi connectivity index (χ0) is 22.9. The molecule has 0 radical (unpaired) electrons. The van der Waals surface area contributed by atoms with Crippen LogP contribution in [0.25, 0.3) is 17.0 Å². The molecule has 0 spiro atoms. The van der Waals surface area contributed by atoms with Gasteiger partial charge < -0.3 is 19.8 Å². The van der Waals surface area contributed by atoms with Crippen LogP contribution in [0.1, 0.15) is 38.3 Å². The molecule has 2 aliphatic heterocycles. The summed E-state index contributed by atoms with van der Waals surface area (Å²) in [5, 5.41) is 25.5. The highest BCUT2D eigenvalue weighted by Crippen LogP contribution is 2.27. The number of ether oxygens (including phenoxy) is 1. The average molecular weight is 442 g/mol. The third-order valence-electron chi connectivity index (χ3n) is 6.25. The molecule has 1 atom stereocenters. The van der Waals surface area contributed by atoms with Crippen molar-refractivity contribution in [2.75, 3.05) is 33.3 Å². The second-order valence-electron chi connectivity index (χ2n) is 8.68. The van der Waals surface area contributed by atoms with Gasteiger partial charge in [-0.25, -0.2) is 14.6 Å². The van der Waals surface area contributed by atoms with Crippen LogP contribution in [0.15, 0.2) is 36.7 Å². The van der Waals surface area contributed by atoms with E-state index >= 15 is 0 Å². The summed E-state index contributed by atoms with van der Waals surface area (Å²) in [6, 6.07) is 8.33. The van der Waals surface area contributed by atoms with Crippen LogP contribution in [0.3, 0.4) is 0 Å². The molecule has 1 amide bonds. The fourth-order valence-corrected chi connectivity index (χ4v) is 4.16. The SMILES string of the molecule is CO[C@H]1CCN(C(O)(O)C(=O)N2CC=C(c3ccc(-c4ncn(C(C)C)n4)cc3)CC2)C1. The Labute approximate surface area is 187 Å². The smallest absolute Gasteiger partial charge is 0.309 e. The highest BCUT2D eigenvalue weighted by atomic mass is 16.5. The van der Waals surface area contributed by atoms with Gasteiger partial charge in [0.1, 0.15) is 6.33 Å². The van der Waals surface area contributed by atoms with E-state index in [4.69, 9.17) is 4.74 Å². The van der Waals surface area contributed by atoms with Crippen LogP contribution in [0.5, 0.6) is 0 Å². The van der Waals surface area contributed by atoms with E-state index in [0.29, 0.717) is 44.8 Å². The maximum atomic E-state index is 12.8. The Balaban J connectivity index is 1.40. The molecule has 0 unspecified atom stereocenters. The van der Waals surface area contributed by atoms with Crippen LogP contribution in [-0.2, 0) is 9.53 Å². The number of nitrogens with zero attached hydrogens (tertiary/aromatic N) is 5. The summed E-state index contributed by atoms with van der Waals surface area (Å²) in [6.07, 6.45) is 4.93. The largest absolute Gasteiger partial charge is 0.380 e. The molecule has 2 aromatic rings. The number of amides is 1. The number of aliphatic hydroxyl groups is 2. The molecule has 9 heteroatoms. The molecule has 0 aliphatic carbocycles. The number of carbonyl (C=O) groups is 1. The Bertz CT molecular complexity index is 983. The molecule has 1 fully saturated rings. The Morgan fingerprint density at radius 3 is 2.47 bits per heavy atom. The summed E-state index contributed by atoms with van der Waals surface area (Å²) in [4.78, 5) is 20.0. The summed E-state index contributed by atoms with van der Waals surface area (Å²) < 4.78 is 7.10. The third-order valence-corrected chi connectivity index (χ3v) is 6.25. The van der Waals surface area contributed by atoms with Gasteiger partial charge in [0, 0.05) is 44.9 Å². The van der Waals surface area contributed by atoms with Crippen LogP contribution in [0.4, 0.5) is 0 Å². The highest BCUT2D eigenvalue weighted by molar-refractivity contribution is 5.84. The van der Waals surface area contributed by atoms with Gasteiger partial charge in [0.15, 0.2) is 5.82 Å². The van der Waals surface area contributed by atoms with E-state index in [1.165, 1.54) is 9.80 Å². The molecular weight excluding hydrogens is 410 g/mol. The van der Waals surface area contributed by atoms with E-state index in [-0.39, 0.29) is 12.1 Å². The number of methoxy groups -OCH3 is 1. The van der Waals surface area contributed by atoms with Gasteiger partial charge in [0.05, 0.1) is 6.10 Å². The molecule has 4 rings (SSSR count). The Morgan fingerprint density at radius 2 is 1.91 bits per heavy atom. The first-order valence-electron chi connectivity index (χ1n) is 11.0. The van der Waals surface area contributed by atoms with Crippen LogP contribution < -0.4 is 0 Å². The quantitative estimate of drug-likeness (QED) is 0.655. The van der Waals surface area contributed by atoms with Crippen molar-refractivity contribution in [1.29, 1.82) is 0 Å². The summed E-state index contributed by atoms with van der Waals surface area (Å²) in [5.41, 5.74) is 3.15. The number of rotatable bonds is 6. The number of hydrogen-bond donors (Lipinski definition) is 2. The molecule has 1 saturated heterocycles. The van der Waals surface area contributed by atoms with Crippen LogP contribution in [0, 0.1) is 0 Å². The fraction of sp³-hybridized carbons (Fsp3) is 0.522. The number of aromatic nitrogens is 3. The van der Waals surface area contributed by atoms with E-state index in [1.54, 1.807) is 13.4 Å². The monoisotopic (exact) mass is 441 g/mol. The van der Waals surface area contributed by atoms with Gasteiger partial charge in [-0.2, -0.15) is 5.10 Å². The summed E-state index contributed by atoms with van der Waals surface area (Å²) in [6.45, 7) is 5.61. The van der Waals surface area contributed by atoms with Gasteiger partial charge in [-0.3, -0.25) is 4.79 Å². The third kappa shape index (κ3) is 4.47. The molecule has 2 N–H and O–H groups in total. The highest BCUT2D eigenvalue weighted by Gasteiger charge is 2.46. The van der Waals surface area contributed by atoms with Gasteiger partial charge in [-0.05, 0) is 37.8 Å². The molecule has 1 aromatic heterocycles. The predicted octanol–water partition coefficient (Wildman–Crippen LogP) is 1.50. The molecule has 3 heterocycles. The van der Waals surface area contributed by atoms with Crippen molar-refractivity contribution >= 4 is 11.5 Å². The standard InChI is InChI=1S/C23H31N5O4/c1-16(2)28-15-24-21(25-28)19-6-4-17(5-7-19)18-8-11-26(12-9-18)22(29)23(30,31)27-13-10-20(14-27)32-3/h4-8,15-16,20,30-31H,9-14H2,1-3H3/t20-/m0/s1. The predicted molar refractivity (Wildman–Crippen MR) is 119 cm³/mol. The van der Waals surface area contributed by atoms with Crippen LogP contribution in [0.2, 0.25) is 0 Å². The first-order chi connectivity index (χ1) is 15.3. The van der Waals surface area contributed by atoms with Crippen molar-refractivity contribution < 1.29 is 19.7 Å². The number of carbonyl (C=O) groups excluding carboxylic acids is 1. The normalized spacial score (nSPS) is 20.1. The summed E-state index contributed by atoms with van der Waals surface area (Å²) in [5.74, 6) is -2.50. The molecular formula is C23H31N5O4. The minimum atomic E-state index is -2.51. The van der Waals surface area contributed by atoms with Crippen molar-refractivity contribution in [2.24, 2.45) is 0 Å². The lowest BCUT2D eigenvalue weighted by molar-refractivity contribution is -0.254. The topological polar surface area (TPSA) is 104 Å². The second kappa shape index (κ2) is 9.11. The maximum absolute atomic E-state index is 12.8. The van der Waals surface area contributed by atoms with Crippen molar-refractivity contribution in [3.05, 3.63) is 42.2 Å². The van der Waals surface area contributed by atoms with E-state index < -0.39 is 11.8 Å². The van der Waals surface area contributed by atoms with Gasteiger partial charge in [-0.15, -0.1) is 0 Å². The second-order valence-corrected chi connectivity index (χ2v) is 8.68. The molecule has 0 saturated carbocycles. The minimum absolute atomic E-state index is 0.0911. The fourth-order valence-electron chi connectivity index (χ4n) is 4.16. The van der Waals surface area contributed by atoms with Crippen LogP contribution in [-0.4, -0.2) is 86.0 Å². The number of benzene rings is 1. The Kier molecular flexibility index (Phi) is 6.43. The lowest BCUT2D eigenvalue weighted by Gasteiger charge is -2.36. The number of likely N-dealkylation sites (tertiary alicyclic amines) is 1. The molecule has 32 heavy (non-hydrogen) atoms. The molecule has 0 bridgehead atoms. The Morgan fingerprint density at radius 1 is 1.19 bits per heavy atom. The van der Waals surface area contributed by atoms with Crippen molar-refractivity contribution in [3.8, 4) is 11.4 Å². The lowest BCUT2D eigenvalue weighted by atomic mass is 9.98.